The number of rotatable bonds is 6. The van der Waals surface area contributed by atoms with Crippen LogP contribution in [0.4, 0.5) is 5.69 Å². The zero-order valence-corrected chi connectivity index (χ0v) is 19.9. The summed E-state index contributed by atoms with van der Waals surface area (Å²) in [6.45, 7) is 0.537. The normalized spacial score (nSPS) is 16.6. The highest BCUT2D eigenvalue weighted by Crippen LogP contribution is 2.31. The molecule has 178 valence electrons. The van der Waals surface area contributed by atoms with Crippen LogP contribution in [0.25, 0.3) is 10.8 Å². The average molecular weight is 487 g/mol. The number of para-hydroxylation sites is 3. The van der Waals surface area contributed by atoms with Gasteiger partial charge in [0.1, 0.15) is 5.75 Å². The first-order valence-electron chi connectivity index (χ1n) is 11.6. The molecule has 1 N–H and O–H groups in total. The van der Waals surface area contributed by atoms with E-state index >= 15 is 0 Å². The Hall–Kier alpha value is -3.68. The molecule has 4 aromatic carbocycles. The average Bonchev–Trinajstić information content (AvgIpc) is 2.90. The minimum absolute atomic E-state index is 0.142. The molecule has 1 heterocycles. The van der Waals surface area contributed by atoms with Crippen LogP contribution in [0.15, 0.2) is 102 Å². The molecule has 1 fully saturated rings. The molecule has 5 rings (SSSR count). The van der Waals surface area contributed by atoms with Crippen molar-refractivity contribution in [2.45, 2.75) is 17.7 Å². The number of piperidine rings is 1. The number of amides is 1. The van der Waals surface area contributed by atoms with Crippen molar-refractivity contribution in [3.63, 3.8) is 0 Å². The summed E-state index contributed by atoms with van der Waals surface area (Å²) < 4.78 is 34.2. The molecular weight excluding hydrogens is 460 g/mol. The second kappa shape index (κ2) is 9.90. The highest BCUT2D eigenvalue weighted by atomic mass is 32.2. The number of carbonyl (C=O) groups is 1. The zero-order valence-electron chi connectivity index (χ0n) is 19.1. The van der Waals surface area contributed by atoms with E-state index in [9.17, 15) is 13.2 Å². The number of hydrogen-bond acceptors (Lipinski definition) is 4. The summed E-state index contributed by atoms with van der Waals surface area (Å²) in [5.74, 6) is 0.527. The highest BCUT2D eigenvalue weighted by molar-refractivity contribution is 7.89. The Balaban J connectivity index is 1.31. The van der Waals surface area contributed by atoms with E-state index in [4.69, 9.17) is 4.74 Å². The van der Waals surface area contributed by atoms with Crippen molar-refractivity contribution < 1.29 is 17.9 Å². The number of sulfonamides is 1. The molecule has 0 spiro atoms. The Labute approximate surface area is 205 Å². The van der Waals surface area contributed by atoms with Crippen molar-refractivity contribution in [3.05, 3.63) is 97.1 Å². The van der Waals surface area contributed by atoms with Gasteiger partial charge in [-0.15, -0.1) is 0 Å². The van der Waals surface area contributed by atoms with Gasteiger partial charge in [-0.25, -0.2) is 8.42 Å². The van der Waals surface area contributed by atoms with E-state index < -0.39 is 15.9 Å². The predicted octanol–water partition coefficient (Wildman–Crippen LogP) is 5.67. The first-order valence-corrected chi connectivity index (χ1v) is 13.1. The molecule has 0 aromatic heterocycles. The van der Waals surface area contributed by atoms with Crippen LogP contribution >= 0.6 is 0 Å². The largest absolute Gasteiger partial charge is 0.455 e. The van der Waals surface area contributed by atoms with E-state index in [0.717, 1.165) is 10.8 Å². The monoisotopic (exact) mass is 486 g/mol. The number of ether oxygens (including phenoxy) is 1. The minimum atomic E-state index is -3.71. The van der Waals surface area contributed by atoms with Crippen LogP contribution in [0.1, 0.15) is 12.8 Å². The van der Waals surface area contributed by atoms with Gasteiger partial charge in [0.25, 0.3) is 0 Å². The predicted molar refractivity (Wildman–Crippen MR) is 137 cm³/mol. The molecule has 0 bridgehead atoms. The lowest BCUT2D eigenvalue weighted by Gasteiger charge is -2.31. The third-order valence-electron chi connectivity index (χ3n) is 6.23. The van der Waals surface area contributed by atoms with Crippen LogP contribution < -0.4 is 10.1 Å². The number of benzene rings is 4. The summed E-state index contributed by atoms with van der Waals surface area (Å²) in [5.41, 5.74) is 0.552. The van der Waals surface area contributed by atoms with Crippen LogP contribution in [-0.2, 0) is 14.8 Å². The maximum Gasteiger partial charge on any atom is 0.243 e. The summed E-state index contributed by atoms with van der Waals surface area (Å²) in [4.78, 5) is 13.4. The van der Waals surface area contributed by atoms with Gasteiger partial charge in [0.05, 0.1) is 16.5 Å². The fourth-order valence-corrected chi connectivity index (χ4v) is 5.92. The van der Waals surface area contributed by atoms with E-state index in [1.54, 1.807) is 24.3 Å². The Bertz CT molecular complexity index is 1450. The maximum atomic E-state index is 13.4. The smallest absolute Gasteiger partial charge is 0.243 e. The lowest BCUT2D eigenvalue weighted by Crippen LogP contribution is -2.43. The van der Waals surface area contributed by atoms with Crippen molar-refractivity contribution in [3.8, 4) is 11.5 Å². The molecule has 1 aliphatic heterocycles. The summed E-state index contributed by atoms with van der Waals surface area (Å²) in [6.07, 6.45) is 1.24. The summed E-state index contributed by atoms with van der Waals surface area (Å²) >= 11 is 0. The van der Waals surface area contributed by atoms with Crippen LogP contribution in [0.2, 0.25) is 0 Å². The van der Waals surface area contributed by atoms with Gasteiger partial charge in [-0.3, -0.25) is 4.79 Å². The van der Waals surface area contributed by atoms with Crippen LogP contribution in [0, 0.1) is 5.92 Å². The summed E-state index contributed by atoms with van der Waals surface area (Å²) in [6, 6.07) is 29.4. The van der Waals surface area contributed by atoms with Gasteiger partial charge in [-0.1, -0.05) is 60.7 Å². The van der Waals surface area contributed by atoms with Crippen LogP contribution in [-0.4, -0.2) is 31.7 Å². The lowest BCUT2D eigenvalue weighted by atomic mass is 9.98. The summed E-state index contributed by atoms with van der Waals surface area (Å²) in [5, 5.41) is 4.81. The molecule has 35 heavy (non-hydrogen) atoms. The molecular formula is C28H26N2O4S. The van der Waals surface area contributed by atoms with Gasteiger partial charge in [0, 0.05) is 13.1 Å². The molecule has 0 unspecified atom stereocenters. The Morgan fingerprint density at radius 3 is 2.40 bits per heavy atom. The fourth-order valence-electron chi connectivity index (χ4n) is 4.36. The molecule has 1 amide bonds. The van der Waals surface area contributed by atoms with Crippen molar-refractivity contribution in [1.29, 1.82) is 0 Å². The van der Waals surface area contributed by atoms with E-state index in [1.807, 2.05) is 72.8 Å². The molecule has 0 saturated carbocycles. The van der Waals surface area contributed by atoms with Gasteiger partial charge in [-0.05, 0) is 60.0 Å². The number of hydrogen-bond donors (Lipinski definition) is 1. The van der Waals surface area contributed by atoms with E-state index in [0.29, 0.717) is 36.6 Å². The second-order valence-corrected chi connectivity index (χ2v) is 10.5. The first kappa shape index (κ1) is 23.1. The number of carbonyl (C=O) groups excluding carboxylic acids is 1. The molecule has 6 nitrogen and oxygen atoms in total. The van der Waals surface area contributed by atoms with Gasteiger partial charge in [0.2, 0.25) is 15.9 Å². The SMILES string of the molecule is O=C(Nc1ccccc1Oc1ccccc1)[C@H]1CCCN(S(=O)(=O)c2ccc3ccccc3c2)C1. The van der Waals surface area contributed by atoms with Crippen molar-refractivity contribution in [2.24, 2.45) is 5.92 Å². The molecule has 7 heteroatoms. The Morgan fingerprint density at radius 1 is 0.857 bits per heavy atom. The number of nitrogens with zero attached hydrogens (tertiary/aromatic N) is 1. The lowest BCUT2D eigenvalue weighted by molar-refractivity contribution is -0.120. The van der Waals surface area contributed by atoms with E-state index in [2.05, 4.69) is 5.32 Å². The van der Waals surface area contributed by atoms with E-state index in [1.165, 1.54) is 4.31 Å². The van der Waals surface area contributed by atoms with Crippen LogP contribution in [0.5, 0.6) is 11.5 Å². The van der Waals surface area contributed by atoms with Gasteiger partial charge >= 0.3 is 0 Å². The Kier molecular flexibility index (Phi) is 6.53. The third-order valence-corrected chi connectivity index (χ3v) is 8.09. The molecule has 1 saturated heterocycles. The zero-order chi connectivity index (χ0) is 24.3. The number of fused-ring (bicyclic) bond motifs is 1. The van der Waals surface area contributed by atoms with Gasteiger partial charge in [-0.2, -0.15) is 4.31 Å². The van der Waals surface area contributed by atoms with Crippen molar-refractivity contribution in [1.82, 2.24) is 4.31 Å². The topological polar surface area (TPSA) is 75.7 Å². The number of nitrogens with one attached hydrogen (secondary N) is 1. The van der Waals surface area contributed by atoms with Crippen molar-refractivity contribution >= 4 is 32.4 Å². The van der Waals surface area contributed by atoms with Gasteiger partial charge < -0.3 is 10.1 Å². The fraction of sp³-hybridized carbons (Fsp3) is 0.179. The molecule has 0 aliphatic carbocycles. The van der Waals surface area contributed by atoms with Crippen molar-refractivity contribution in [2.75, 3.05) is 18.4 Å². The maximum absolute atomic E-state index is 13.4. The summed E-state index contributed by atoms with van der Waals surface area (Å²) in [7, 11) is -3.71. The Morgan fingerprint density at radius 2 is 1.57 bits per heavy atom. The standard InChI is InChI=1S/C28H26N2O4S/c31-28(29-26-14-6-7-15-27(26)34-24-12-2-1-3-13-24)23-11-8-18-30(20-23)35(32,33)25-17-16-21-9-4-5-10-22(21)19-25/h1-7,9-10,12-17,19,23H,8,11,18,20H2,(H,29,31)/t23-/m0/s1. The molecule has 1 atom stereocenters. The minimum Gasteiger partial charge on any atom is -0.455 e. The number of anilines is 1. The quantitative estimate of drug-likeness (QED) is 0.381. The molecule has 1 aliphatic rings. The first-order chi connectivity index (χ1) is 17.0. The molecule has 4 aromatic rings. The molecule has 0 radical (unpaired) electrons. The van der Waals surface area contributed by atoms with E-state index in [-0.39, 0.29) is 17.3 Å². The van der Waals surface area contributed by atoms with Crippen LogP contribution in [0.3, 0.4) is 0 Å². The van der Waals surface area contributed by atoms with Gasteiger partial charge in [0.15, 0.2) is 5.75 Å². The third kappa shape index (κ3) is 5.06. The second-order valence-electron chi connectivity index (χ2n) is 8.61. The highest BCUT2D eigenvalue weighted by Gasteiger charge is 2.33.